The van der Waals surface area contributed by atoms with Crippen molar-refractivity contribution in [2.24, 2.45) is 4.99 Å². The second-order valence-electron chi connectivity index (χ2n) is 5.49. The Morgan fingerprint density at radius 1 is 1.16 bits per heavy atom. The second kappa shape index (κ2) is 5.92. The average Bonchev–Trinajstić information content (AvgIpc) is 2.45. The fraction of sp³-hybridized carbons (Fsp3) is 0.467. The van der Waals surface area contributed by atoms with Crippen molar-refractivity contribution in [2.75, 3.05) is 11.9 Å². The van der Waals surface area contributed by atoms with Crippen molar-refractivity contribution in [3.63, 3.8) is 0 Å². The van der Waals surface area contributed by atoms with Crippen LogP contribution in [0.15, 0.2) is 17.1 Å². The number of hydrogen-bond acceptors (Lipinski definition) is 4. The maximum absolute atomic E-state index is 13.8. The van der Waals surface area contributed by atoms with E-state index in [2.05, 4.69) is 9.73 Å². The third kappa shape index (κ3) is 3.05. The number of nitrogens with one attached hydrogen (secondary N) is 1. The van der Waals surface area contributed by atoms with E-state index >= 15 is 0 Å². The Hall–Kier alpha value is -2.26. The van der Waals surface area contributed by atoms with Gasteiger partial charge in [0, 0.05) is 11.3 Å². The molecule has 2 rings (SSSR count). The van der Waals surface area contributed by atoms with Gasteiger partial charge in [-0.2, -0.15) is 26.3 Å². The number of halogens is 6. The van der Waals surface area contributed by atoms with Crippen LogP contribution in [0.3, 0.4) is 0 Å². The first-order valence-corrected chi connectivity index (χ1v) is 7.14. The van der Waals surface area contributed by atoms with Crippen LogP contribution >= 0.6 is 0 Å². The standard InChI is InChI=1S/C15H14F6N2O2/c1-4-25-12(24)13(15(19,20)21)9-5-7(2)8(3)6-10(9)22-11(23-13)14(16,17)18/h5-6H,4H2,1-3H3,(H,22,23)/t13-/m1/s1. The highest BCUT2D eigenvalue weighted by Gasteiger charge is 2.66. The highest BCUT2D eigenvalue weighted by molar-refractivity contribution is 6.06. The number of nitrogens with zero attached hydrogens (tertiary/aromatic N) is 1. The van der Waals surface area contributed by atoms with Crippen molar-refractivity contribution < 1.29 is 35.9 Å². The van der Waals surface area contributed by atoms with Crippen molar-refractivity contribution in [1.82, 2.24) is 0 Å². The Kier molecular flexibility index (Phi) is 4.52. The number of anilines is 1. The van der Waals surface area contributed by atoms with E-state index in [4.69, 9.17) is 0 Å². The molecule has 1 atom stereocenters. The fourth-order valence-corrected chi connectivity index (χ4v) is 2.46. The molecule has 0 fully saturated rings. The smallest absolute Gasteiger partial charge is 0.449 e. The molecule has 0 saturated heterocycles. The molecule has 10 heteroatoms. The summed E-state index contributed by atoms with van der Waals surface area (Å²) in [7, 11) is 0. The SMILES string of the molecule is CCOC(=O)[C@]1(C(F)(F)F)N=C(C(F)(F)F)Nc2cc(C)c(C)cc21. The minimum Gasteiger partial charge on any atom is -0.464 e. The van der Waals surface area contributed by atoms with Gasteiger partial charge in [-0.1, -0.05) is 6.07 Å². The Balaban J connectivity index is 2.89. The molecule has 25 heavy (non-hydrogen) atoms. The van der Waals surface area contributed by atoms with E-state index in [-0.39, 0.29) is 0 Å². The number of rotatable bonds is 2. The molecular formula is C15H14F6N2O2. The first kappa shape index (κ1) is 19.1. The van der Waals surface area contributed by atoms with Crippen LogP contribution in [0.1, 0.15) is 23.6 Å². The molecule has 0 amide bonds. The summed E-state index contributed by atoms with van der Waals surface area (Å²) in [6.45, 7) is 3.81. The number of hydrogen-bond donors (Lipinski definition) is 1. The van der Waals surface area contributed by atoms with Gasteiger partial charge >= 0.3 is 18.3 Å². The zero-order valence-electron chi connectivity index (χ0n) is 13.4. The maximum atomic E-state index is 13.8. The van der Waals surface area contributed by atoms with Crippen LogP contribution in [0, 0.1) is 13.8 Å². The molecule has 1 aliphatic heterocycles. The zero-order valence-corrected chi connectivity index (χ0v) is 13.4. The van der Waals surface area contributed by atoms with Gasteiger partial charge in [0.1, 0.15) is 0 Å². The summed E-state index contributed by atoms with van der Waals surface area (Å²) in [6, 6.07) is 2.11. The minimum absolute atomic E-state index is 0.365. The molecule has 0 unspecified atom stereocenters. The summed E-state index contributed by atoms with van der Waals surface area (Å²) in [4.78, 5) is 14.9. The lowest BCUT2D eigenvalue weighted by Gasteiger charge is -2.36. The molecule has 1 N–H and O–H groups in total. The Labute approximate surface area is 138 Å². The quantitative estimate of drug-likeness (QED) is 0.634. The Morgan fingerprint density at radius 3 is 2.20 bits per heavy atom. The highest BCUT2D eigenvalue weighted by Crippen LogP contribution is 2.49. The van der Waals surface area contributed by atoms with Crippen molar-refractivity contribution in [3.8, 4) is 0 Å². The van der Waals surface area contributed by atoms with Gasteiger partial charge in [-0.15, -0.1) is 0 Å². The largest absolute Gasteiger partial charge is 0.464 e. The van der Waals surface area contributed by atoms with Gasteiger partial charge in [0.2, 0.25) is 5.84 Å². The molecule has 4 nitrogen and oxygen atoms in total. The van der Waals surface area contributed by atoms with Crippen molar-refractivity contribution in [3.05, 3.63) is 28.8 Å². The third-order valence-corrected chi connectivity index (χ3v) is 3.81. The second-order valence-corrected chi connectivity index (χ2v) is 5.49. The van der Waals surface area contributed by atoms with Crippen LogP contribution in [0.2, 0.25) is 0 Å². The number of ether oxygens (including phenoxy) is 1. The van der Waals surface area contributed by atoms with E-state index in [9.17, 15) is 31.1 Å². The topological polar surface area (TPSA) is 50.7 Å². The molecule has 0 spiro atoms. The number of alkyl halides is 6. The van der Waals surface area contributed by atoms with E-state index in [1.54, 1.807) is 0 Å². The number of carbonyl (C=O) groups excluding carboxylic acids is 1. The minimum atomic E-state index is -5.44. The molecule has 1 heterocycles. The normalized spacial score (nSPS) is 20.4. The fourth-order valence-electron chi connectivity index (χ4n) is 2.46. The number of carbonyl (C=O) groups is 1. The van der Waals surface area contributed by atoms with Crippen molar-refractivity contribution in [1.29, 1.82) is 0 Å². The van der Waals surface area contributed by atoms with Crippen LogP contribution in [0.25, 0.3) is 0 Å². The van der Waals surface area contributed by atoms with Gasteiger partial charge in [0.15, 0.2) is 0 Å². The summed E-state index contributed by atoms with van der Waals surface area (Å²) in [6.07, 6.45) is -10.6. The molecule has 0 saturated carbocycles. The number of fused-ring (bicyclic) bond motifs is 1. The van der Waals surface area contributed by atoms with Gasteiger partial charge in [-0.05, 0) is 38.0 Å². The molecule has 1 aromatic rings. The number of benzene rings is 1. The summed E-state index contributed by atoms with van der Waals surface area (Å²) in [5.74, 6) is -3.82. The van der Waals surface area contributed by atoms with Crippen LogP contribution in [0.5, 0.6) is 0 Å². The van der Waals surface area contributed by atoms with Crippen LogP contribution in [-0.2, 0) is 15.1 Å². The summed E-state index contributed by atoms with van der Waals surface area (Å²) >= 11 is 0. The number of amidine groups is 1. The predicted octanol–water partition coefficient (Wildman–Crippen LogP) is 4.01. The molecule has 0 aromatic heterocycles. The Morgan fingerprint density at radius 2 is 1.72 bits per heavy atom. The lowest BCUT2D eigenvalue weighted by molar-refractivity contribution is -0.208. The van der Waals surface area contributed by atoms with Crippen LogP contribution < -0.4 is 5.32 Å². The third-order valence-electron chi connectivity index (χ3n) is 3.81. The number of aryl methyl sites for hydroxylation is 2. The average molecular weight is 368 g/mol. The highest BCUT2D eigenvalue weighted by atomic mass is 19.4. The van der Waals surface area contributed by atoms with Gasteiger partial charge in [0.05, 0.1) is 6.61 Å². The van der Waals surface area contributed by atoms with E-state index in [1.165, 1.54) is 20.8 Å². The van der Waals surface area contributed by atoms with Gasteiger partial charge in [-0.3, -0.25) is 0 Å². The van der Waals surface area contributed by atoms with E-state index < -0.39 is 47.6 Å². The molecule has 0 aliphatic carbocycles. The Bertz CT molecular complexity index is 739. The van der Waals surface area contributed by atoms with Gasteiger partial charge in [-0.25, -0.2) is 9.79 Å². The first-order chi connectivity index (χ1) is 11.3. The van der Waals surface area contributed by atoms with Crippen molar-refractivity contribution >= 4 is 17.5 Å². The molecule has 1 aliphatic rings. The van der Waals surface area contributed by atoms with E-state index in [0.29, 0.717) is 11.1 Å². The number of aliphatic imine (C=N–C) groups is 1. The van der Waals surface area contributed by atoms with Gasteiger partial charge in [0.25, 0.3) is 5.54 Å². The lowest BCUT2D eigenvalue weighted by atomic mass is 9.84. The monoisotopic (exact) mass is 368 g/mol. The molecule has 0 radical (unpaired) electrons. The summed E-state index contributed by atoms with van der Waals surface area (Å²) in [5.41, 5.74) is -4.18. The number of esters is 1. The van der Waals surface area contributed by atoms with E-state index in [0.717, 1.165) is 12.1 Å². The molecule has 138 valence electrons. The van der Waals surface area contributed by atoms with E-state index in [1.807, 2.05) is 5.32 Å². The maximum Gasteiger partial charge on any atom is 0.449 e. The van der Waals surface area contributed by atoms with Crippen molar-refractivity contribution in [2.45, 2.75) is 38.7 Å². The first-order valence-electron chi connectivity index (χ1n) is 7.14. The lowest BCUT2D eigenvalue weighted by Crippen LogP contribution is -2.53. The summed E-state index contributed by atoms with van der Waals surface area (Å²) in [5, 5.41) is 1.85. The molecule has 0 bridgehead atoms. The zero-order chi connectivity index (χ0) is 19.2. The van der Waals surface area contributed by atoms with Gasteiger partial charge < -0.3 is 10.1 Å². The van der Waals surface area contributed by atoms with Crippen LogP contribution in [-0.4, -0.2) is 30.8 Å². The molecule has 1 aromatic carbocycles. The summed E-state index contributed by atoms with van der Waals surface area (Å²) < 4.78 is 85.2. The van der Waals surface area contributed by atoms with Crippen LogP contribution in [0.4, 0.5) is 32.0 Å². The predicted molar refractivity (Wildman–Crippen MR) is 77.4 cm³/mol. The molecular weight excluding hydrogens is 354 g/mol.